The van der Waals surface area contributed by atoms with Crippen molar-refractivity contribution in [3.8, 4) is 0 Å². The van der Waals surface area contributed by atoms with E-state index in [0.717, 1.165) is 29.5 Å². The van der Waals surface area contributed by atoms with Crippen LogP contribution in [0.3, 0.4) is 0 Å². The van der Waals surface area contributed by atoms with Gasteiger partial charge in [-0.15, -0.1) is 0 Å². The SMILES string of the molecule is COC1C(CO[Si](C2CCCCC2)C2CCCCC2)CCCC1C(C)C. The summed E-state index contributed by atoms with van der Waals surface area (Å²) in [5.74, 6) is 2.08. The van der Waals surface area contributed by atoms with Crippen molar-refractivity contribution in [3.05, 3.63) is 0 Å². The molecule has 26 heavy (non-hydrogen) atoms. The van der Waals surface area contributed by atoms with Gasteiger partial charge in [0.2, 0.25) is 9.04 Å². The van der Waals surface area contributed by atoms with Crippen LogP contribution < -0.4 is 0 Å². The second kappa shape index (κ2) is 10.6. The average molecular weight is 380 g/mol. The highest BCUT2D eigenvalue weighted by molar-refractivity contribution is 6.55. The summed E-state index contributed by atoms with van der Waals surface area (Å²) in [4.78, 5) is 0. The van der Waals surface area contributed by atoms with Crippen molar-refractivity contribution in [2.24, 2.45) is 17.8 Å². The van der Waals surface area contributed by atoms with Crippen molar-refractivity contribution in [2.45, 2.75) is 115 Å². The van der Waals surface area contributed by atoms with E-state index >= 15 is 0 Å². The first-order chi connectivity index (χ1) is 12.7. The summed E-state index contributed by atoms with van der Waals surface area (Å²) in [5, 5.41) is 0. The van der Waals surface area contributed by atoms with E-state index in [4.69, 9.17) is 9.16 Å². The van der Waals surface area contributed by atoms with Crippen LogP contribution >= 0.6 is 0 Å². The lowest BCUT2D eigenvalue weighted by Gasteiger charge is -2.41. The van der Waals surface area contributed by atoms with Gasteiger partial charge < -0.3 is 9.16 Å². The van der Waals surface area contributed by atoms with E-state index in [1.165, 1.54) is 83.5 Å². The second-order valence-corrected chi connectivity index (χ2v) is 12.4. The van der Waals surface area contributed by atoms with Gasteiger partial charge in [0, 0.05) is 19.6 Å². The molecule has 0 heterocycles. The average Bonchev–Trinajstić information content (AvgIpc) is 2.69. The third-order valence-corrected chi connectivity index (χ3v) is 10.9. The number of hydrogen-bond donors (Lipinski definition) is 0. The van der Waals surface area contributed by atoms with Crippen LogP contribution in [-0.2, 0) is 9.16 Å². The Labute approximate surface area is 164 Å². The fraction of sp³-hybridized carbons (Fsp3) is 1.00. The molecule has 0 bridgehead atoms. The molecule has 3 fully saturated rings. The smallest absolute Gasteiger partial charge is 0.217 e. The van der Waals surface area contributed by atoms with Gasteiger partial charge in [-0.25, -0.2) is 0 Å². The van der Waals surface area contributed by atoms with Crippen molar-refractivity contribution in [3.63, 3.8) is 0 Å². The zero-order valence-electron chi connectivity index (χ0n) is 17.7. The Bertz CT molecular complexity index is 370. The van der Waals surface area contributed by atoms with Crippen molar-refractivity contribution in [1.82, 2.24) is 0 Å². The Morgan fingerprint density at radius 1 is 0.769 bits per heavy atom. The van der Waals surface area contributed by atoms with E-state index in [0.29, 0.717) is 12.0 Å². The summed E-state index contributed by atoms with van der Waals surface area (Å²) in [5.41, 5.74) is 1.87. The minimum atomic E-state index is -0.669. The Kier molecular flexibility index (Phi) is 8.52. The van der Waals surface area contributed by atoms with Gasteiger partial charge in [-0.2, -0.15) is 0 Å². The number of ether oxygens (including phenoxy) is 1. The molecule has 0 aromatic rings. The molecule has 0 spiro atoms. The lowest BCUT2D eigenvalue weighted by atomic mass is 9.74. The molecule has 0 saturated heterocycles. The number of hydrogen-bond acceptors (Lipinski definition) is 2. The summed E-state index contributed by atoms with van der Waals surface area (Å²) in [7, 11) is 1.27. The molecule has 1 radical (unpaired) electrons. The Morgan fingerprint density at radius 3 is 1.85 bits per heavy atom. The Hall–Kier alpha value is 0.137. The van der Waals surface area contributed by atoms with Crippen molar-refractivity contribution in [2.75, 3.05) is 13.7 Å². The highest BCUT2D eigenvalue weighted by Gasteiger charge is 2.39. The highest BCUT2D eigenvalue weighted by atomic mass is 28.3. The van der Waals surface area contributed by atoms with Crippen LogP contribution in [0.1, 0.15) is 97.3 Å². The van der Waals surface area contributed by atoms with Gasteiger partial charge in [0.25, 0.3) is 0 Å². The van der Waals surface area contributed by atoms with Gasteiger partial charge in [0.05, 0.1) is 6.10 Å². The van der Waals surface area contributed by atoms with Gasteiger partial charge >= 0.3 is 0 Å². The van der Waals surface area contributed by atoms with Gasteiger partial charge in [-0.3, -0.25) is 0 Å². The molecule has 2 nitrogen and oxygen atoms in total. The summed E-state index contributed by atoms with van der Waals surface area (Å²) in [6, 6.07) is 0. The van der Waals surface area contributed by atoms with Gasteiger partial charge in [0.1, 0.15) is 0 Å². The van der Waals surface area contributed by atoms with E-state index in [2.05, 4.69) is 13.8 Å². The monoisotopic (exact) mass is 379 g/mol. The van der Waals surface area contributed by atoms with E-state index in [1.54, 1.807) is 0 Å². The molecular weight excluding hydrogens is 336 g/mol. The van der Waals surface area contributed by atoms with Crippen LogP contribution in [0, 0.1) is 17.8 Å². The lowest BCUT2D eigenvalue weighted by molar-refractivity contribution is -0.0498. The lowest BCUT2D eigenvalue weighted by Crippen LogP contribution is -2.42. The second-order valence-electron chi connectivity index (χ2n) is 9.68. The molecule has 3 aliphatic rings. The molecule has 3 rings (SSSR count). The van der Waals surface area contributed by atoms with Crippen molar-refractivity contribution in [1.29, 1.82) is 0 Å². The predicted octanol–water partition coefficient (Wildman–Crippen LogP) is 6.75. The van der Waals surface area contributed by atoms with Crippen LogP contribution in [0.2, 0.25) is 11.1 Å². The first-order valence-electron chi connectivity index (χ1n) is 11.7. The van der Waals surface area contributed by atoms with E-state index in [9.17, 15) is 0 Å². The zero-order chi connectivity index (χ0) is 18.4. The highest BCUT2D eigenvalue weighted by Crippen LogP contribution is 2.43. The molecule has 0 amide bonds. The van der Waals surface area contributed by atoms with E-state index in [1.807, 2.05) is 7.11 Å². The van der Waals surface area contributed by atoms with Gasteiger partial charge in [-0.05, 0) is 35.8 Å². The number of rotatable bonds is 7. The maximum absolute atomic E-state index is 6.94. The maximum Gasteiger partial charge on any atom is 0.217 e. The molecule has 151 valence electrons. The minimum Gasteiger partial charge on any atom is -0.416 e. The Morgan fingerprint density at radius 2 is 1.35 bits per heavy atom. The number of methoxy groups -OCH3 is 1. The molecule has 0 aromatic carbocycles. The summed E-state index contributed by atoms with van der Waals surface area (Å²) < 4.78 is 13.0. The van der Waals surface area contributed by atoms with E-state index in [-0.39, 0.29) is 0 Å². The predicted molar refractivity (Wildman–Crippen MR) is 112 cm³/mol. The molecule has 0 aromatic heterocycles. The van der Waals surface area contributed by atoms with Crippen LogP contribution in [-0.4, -0.2) is 28.9 Å². The normalized spacial score (nSPS) is 32.4. The standard InChI is InChI=1S/C23H43O2Si/c1-18(2)22-16-10-11-19(23(22)24-3)17-25-26(20-12-6-4-7-13-20)21-14-8-5-9-15-21/h18-23H,4-17H2,1-3H3. The Balaban J connectivity index is 1.62. The molecule has 3 aliphatic carbocycles. The van der Waals surface area contributed by atoms with Gasteiger partial charge in [-0.1, -0.05) is 84.5 Å². The quantitative estimate of drug-likeness (QED) is 0.455. The molecular formula is C23H43O2Si. The molecule has 3 saturated carbocycles. The van der Waals surface area contributed by atoms with Crippen LogP contribution in [0.4, 0.5) is 0 Å². The largest absolute Gasteiger partial charge is 0.416 e. The summed E-state index contributed by atoms with van der Waals surface area (Å²) in [6.07, 6.45) is 19.0. The minimum absolute atomic E-state index is 0.421. The first-order valence-corrected chi connectivity index (χ1v) is 13.3. The van der Waals surface area contributed by atoms with Crippen molar-refractivity contribution >= 4 is 9.04 Å². The fourth-order valence-electron chi connectivity index (χ4n) is 6.10. The molecule has 3 atom stereocenters. The topological polar surface area (TPSA) is 18.5 Å². The molecule has 3 unspecified atom stereocenters. The molecule has 3 heteroatoms. The zero-order valence-corrected chi connectivity index (χ0v) is 18.7. The third-order valence-electron chi connectivity index (χ3n) is 7.61. The van der Waals surface area contributed by atoms with E-state index < -0.39 is 9.04 Å². The van der Waals surface area contributed by atoms with Crippen LogP contribution in [0.5, 0.6) is 0 Å². The summed E-state index contributed by atoms with van der Waals surface area (Å²) in [6.45, 7) is 5.74. The maximum atomic E-state index is 6.94. The first kappa shape index (κ1) is 20.9. The van der Waals surface area contributed by atoms with Crippen molar-refractivity contribution < 1.29 is 9.16 Å². The third kappa shape index (κ3) is 5.35. The van der Waals surface area contributed by atoms with Crippen LogP contribution in [0.25, 0.3) is 0 Å². The van der Waals surface area contributed by atoms with Crippen LogP contribution in [0.15, 0.2) is 0 Å². The molecule has 0 aliphatic heterocycles. The summed E-state index contributed by atoms with van der Waals surface area (Å²) >= 11 is 0. The fourth-order valence-corrected chi connectivity index (χ4v) is 9.60. The molecule has 0 N–H and O–H groups in total. The van der Waals surface area contributed by atoms with Gasteiger partial charge in [0.15, 0.2) is 0 Å².